The van der Waals surface area contributed by atoms with E-state index in [2.05, 4.69) is 6.92 Å². The molecule has 1 aliphatic heterocycles. The predicted octanol–water partition coefficient (Wildman–Crippen LogP) is 4.24. The summed E-state index contributed by atoms with van der Waals surface area (Å²) in [7, 11) is 0. The molecule has 0 saturated carbocycles. The molecule has 5 heteroatoms. The normalized spacial score (nSPS) is 21.9. The summed E-state index contributed by atoms with van der Waals surface area (Å²) >= 11 is 1.21. The van der Waals surface area contributed by atoms with Crippen LogP contribution in [0.5, 0.6) is 0 Å². The number of unbranched alkanes of at least 4 members (excludes halogenated alkanes) is 3. The number of aliphatic hydroxyl groups is 1. The molecule has 0 fully saturated rings. The molecule has 0 aromatic heterocycles. The summed E-state index contributed by atoms with van der Waals surface area (Å²) in [6.45, 7) is 8.49. The van der Waals surface area contributed by atoms with Gasteiger partial charge >= 0.3 is 0 Å². The van der Waals surface area contributed by atoms with Crippen molar-refractivity contribution in [2.45, 2.75) is 64.0 Å². The third-order valence-electron chi connectivity index (χ3n) is 3.94. The first-order chi connectivity index (χ1) is 10.5. The van der Waals surface area contributed by atoms with Crippen LogP contribution in [0.15, 0.2) is 11.3 Å². The Hall–Kier alpha value is -0.520. The zero-order valence-corrected chi connectivity index (χ0v) is 15.0. The monoisotopic (exact) mass is 330 g/mol. The van der Waals surface area contributed by atoms with Gasteiger partial charge in [-0.2, -0.15) is 0 Å². The van der Waals surface area contributed by atoms with E-state index < -0.39 is 4.75 Å². The molecule has 1 atom stereocenters. The fourth-order valence-electron chi connectivity index (χ4n) is 2.43. The van der Waals surface area contributed by atoms with Gasteiger partial charge in [0.25, 0.3) is 0 Å². The van der Waals surface area contributed by atoms with Crippen molar-refractivity contribution in [1.82, 2.24) is 0 Å². The van der Waals surface area contributed by atoms with Crippen LogP contribution in [0.1, 0.15) is 59.3 Å². The van der Waals surface area contributed by atoms with E-state index in [0.29, 0.717) is 38.2 Å². The van der Waals surface area contributed by atoms with E-state index in [1.807, 2.05) is 13.8 Å². The summed E-state index contributed by atoms with van der Waals surface area (Å²) in [5, 5.41) is 10.2. The van der Waals surface area contributed by atoms with Gasteiger partial charge in [-0.3, -0.25) is 4.79 Å². The van der Waals surface area contributed by atoms with E-state index in [9.17, 15) is 9.90 Å². The summed E-state index contributed by atoms with van der Waals surface area (Å²) in [4.78, 5) is 11.8. The van der Waals surface area contributed by atoms with E-state index in [0.717, 1.165) is 13.0 Å². The Bertz CT molecular complexity index is 381. The van der Waals surface area contributed by atoms with Crippen LogP contribution in [0.25, 0.3) is 0 Å². The van der Waals surface area contributed by atoms with Crippen LogP contribution >= 0.6 is 11.8 Å². The smallest absolute Gasteiger partial charge is 0.219 e. The topological polar surface area (TPSA) is 55.8 Å². The van der Waals surface area contributed by atoms with Gasteiger partial charge in [0.15, 0.2) is 0 Å². The highest BCUT2D eigenvalue weighted by Gasteiger charge is 2.42. The molecule has 4 nitrogen and oxygen atoms in total. The number of hydrogen-bond donors (Lipinski definition) is 1. The first-order valence-corrected chi connectivity index (χ1v) is 9.18. The van der Waals surface area contributed by atoms with Gasteiger partial charge in [-0.05, 0) is 26.2 Å². The SMILES string of the molecule is CCCCCCOCCOCCC1(C)SC(=O)C(CC)=C1O. The van der Waals surface area contributed by atoms with Crippen molar-refractivity contribution in [3.63, 3.8) is 0 Å². The molecule has 0 spiro atoms. The molecule has 1 aliphatic rings. The average Bonchev–Trinajstić information content (AvgIpc) is 2.70. The molecular formula is C17H30O4S. The van der Waals surface area contributed by atoms with Crippen LogP contribution in [0.3, 0.4) is 0 Å². The van der Waals surface area contributed by atoms with Gasteiger partial charge in [-0.15, -0.1) is 0 Å². The molecular weight excluding hydrogens is 300 g/mol. The second-order valence-electron chi connectivity index (χ2n) is 5.84. The van der Waals surface area contributed by atoms with Crippen LogP contribution < -0.4 is 0 Å². The van der Waals surface area contributed by atoms with E-state index in [4.69, 9.17) is 9.47 Å². The minimum absolute atomic E-state index is 0.00193. The molecule has 0 amide bonds. The van der Waals surface area contributed by atoms with Gasteiger partial charge in [0.1, 0.15) is 5.76 Å². The van der Waals surface area contributed by atoms with Crippen molar-refractivity contribution in [3.05, 3.63) is 11.3 Å². The Kier molecular flexibility index (Phi) is 9.13. The van der Waals surface area contributed by atoms with Crippen LogP contribution in [-0.4, -0.2) is 41.4 Å². The Morgan fingerprint density at radius 1 is 1.05 bits per heavy atom. The Labute approximate surface area is 138 Å². The van der Waals surface area contributed by atoms with Crippen molar-refractivity contribution >= 4 is 16.9 Å². The molecule has 0 bridgehead atoms. The molecule has 1 unspecified atom stereocenters. The maximum atomic E-state index is 11.8. The third kappa shape index (κ3) is 5.94. The third-order valence-corrected chi connectivity index (χ3v) is 5.22. The van der Waals surface area contributed by atoms with Crippen molar-refractivity contribution in [3.8, 4) is 0 Å². The zero-order valence-electron chi connectivity index (χ0n) is 14.2. The summed E-state index contributed by atoms with van der Waals surface area (Å²) in [6.07, 6.45) is 6.07. The van der Waals surface area contributed by atoms with Gasteiger partial charge in [-0.25, -0.2) is 0 Å². The first kappa shape index (κ1) is 19.5. The number of rotatable bonds is 12. The summed E-state index contributed by atoms with van der Waals surface area (Å²) in [6, 6.07) is 0. The summed E-state index contributed by atoms with van der Waals surface area (Å²) < 4.78 is 10.5. The molecule has 0 aromatic carbocycles. The Morgan fingerprint density at radius 3 is 2.32 bits per heavy atom. The molecule has 22 heavy (non-hydrogen) atoms. The van der Waals surface area contributed by atoms with E-state index >= 15 is 0 Å². The number of carbonyl (C=O) groups excluding carboxylic acids is 1. The van der Waals surface area contributed by atoms with Crippen LogP contribution in [0.2, 0.25) is 0 Å². The van der Waals surface area contributed by atoms with Crippen molar-refractivity contribution in [1.29, 1.82) is 0 Å². The Morgan fingerprint density at radius 2 is 1.73 bits per heavy atom. The fourth-order valence-corrected chi connectivity index (χ4v) is 3.61. The second kappa shape index (κ2) is 10.3. The first-order valence-electron chi connectivity index (χ1n) is 8.36. The Balaban J connectivity index is 2.10. The fraction of sp³-hybridized carbons (Fsp3) is 0.824. The highest BCUT2D eigenvalue weighted by atomic mass is 32.2. The van der Waals surface area contributed by atoms with Crippen molar-refractivity contribution in [2.75, 3.05) is 26.4 Å². The zero-order chi connectivity index (χ0) is 16.4. The number of carbonyl (C=O) groups is 1. The van der Waals surface area contributed by atoms with Gasteiger partial charge in [-0.1, -0.05) is 44.9 Å². The standard InChI is InChI=1S/C17H30O4S/c1-4-6-7-8-10-20-12-13-21-11-9-17(3)15(18)14(5-2)16(19)22-17/h18H,4-13H2,1-3H3. The highest BCUT2D eigenvalue weighted by molar-refractivity contribution is 8.15. The average molecular weight is 330 g/mol. The molecule has 0 radical (unpaired) electrons. The quantitative estimate of drug-likeness (QED) is 0.542. The maximum absolute atomic E-state index is 11.8. The van der Waals surface area contributed by atoms with E-state index in [1.165, 1.54) is 31.0 Å². The molecule has 0 aliphatic carbocycles. The summed E-state index contributed by atoms with van der Waals surface area (Å²) in [5.74, 6) is 0.237. The minimum Gasteiger partial charge on any atom is -0.510 e. The van der Waals surface area contributed by atoms with E-state index in [-0.39, 0.29) is 10.9 Å². The molecule has 1 heterocycles. The van der Waals surface area contributed by atoms with Crippen LogP contribution in [-0.2, 0) is 14.3 Å². The summed E-state index contributed by atoms with van der Waals surface area (Å²) in [5.41, 5.74) is 0.558. The molecule has 0 aromatic rings. The minimum atomic E-state index is -0.524. The molecule has 0 saturated heterocycles. The largest absolute Gasteiger partial charge is 0.510 e. The number of ether oxygens (including phenoxy) is 2. The second-order valence-corrected chi connectivity index (χ2v) is 7.31. The molecule has 1 rings (SSSR count). The highest BCUT2D eigenvalue weighted by Crippen LogP contribution is 2.45. The van der Waals surface area contributed by atoms with Gasteiger partial charge < -0.3 is 14.6 Å². The molecule has 1 N–H and O–H groups in total. The van der Waals surface area contributed by atoms with Crippen LogP contribution in [0.4, 0.5) is 0 Å². The lowest BCUT2D eigenvalue weighted by Crippen LogP contribution is -2.23. The molecule has 128 valence electrons. The van der Waals surface area contributed by atoms with Crippen molar-refractivity contribution < 1.29 is 19.4 Å². The lowest BCUT2D eigenvalue weighted by molar-refractivity contribution is -0.107. The number of thioether (sulfide) groups is 1. The number of aliphatic hydroxyl groups excluding tert-OH is 1. The van der Waals surface area contributed by atoms with Gasteiger partial charge in [0, 0.05) is 18.8 Å². The predicted molar refractivity (Wildman–Crippen MR) is 91.3 cm³/mol. The van der Waals surface area contributed by atoms with Crippen molar-refractivity contribution in [2.24, 2.45) is 0 Å². The lowest BCUT2D eigenvalue weighted by Gasteiger charge is -2.22. The lowest BCUT2D eigenvalue weighted by atomic mass is 10.0. The van der Waals surface area contributed by atoms with Gasteiger partial charge in [0.2, 0.25) is 5.12 Å². The van der Waals surface area contributed by atoms with Crippen LogP contribution in [0, 0.1) is 0 Å². The van der Waals surface area contributed by atoms with E-state index in [1.54, 1.807) is 0 Å². The maximum Gasteiger partial charge on any atom is 0.219 e. The van der Waals surface area contributed by atoms with Gasteiger partial charge in [0.05, 0.1) is 18.0 Å². The number of hydrogen-bond acceptors (Lipinski definition) is 5.